The first kappa shape index (κ1) is 21.8. The monoisotopic (exact) mass is 475 g/mol. The molecule has 160 valence electrons. The van der Waals surface area contributed by atoms with Gasteiger partial charge in [-0.3, -0.25) is 9.78 Å². The Kier molecular flexibility index (Phi) is 6.29. The van der Waals surface area contributed by atoms with E-state index >= 15 is 0 Å². The molecule has 4 rings (SSSR count). The highest BCUT2D eigenvalue weighted by Crippen LogP contribution is 2.47. The zero-order chi connectivity index (χ0) is 22.0. The van der Waals surface area contributed by atoms with Crippen LogP contribution in [0.1, 0.15) is 23.5 Å². The van der Waals surface area contributed by atoms with Crippen molar-refractivity contribution in [3.8, 4) is 0 Å². The molecular weight excluding hydrogens is 457 g/mol. The number of benzene rings is 2. The number of hydrogen-bond donors (Lipinski definition) is 2. The van der Waals surface area contributed by atoms with Crippen molar-refractivity contribution in [1.82, 2.24) is 9.71 Å². The summed E-state index contributed by atoms with van der Waals surface area (Å²) in [4.78, 5) is 16.6. The van der Waals surface area contributed by atoms with Gasteiger partial charge in [-0.2, -0.15) is 0 Å². The number of amides is 1. The Hall–Kier alpha value is -2.45. The fraction of sp³-hybridized carbons (Fsp3) is 0.182. The van der Waals surface area contributed by atoms with Crippen LogP contribution >= 0.6 is 23.2 Å². The fourth-order valence-corrected chi connectivity index (χ4v) is 4.82. The zero-order valence-corrected chi connectivity index (χ0v) is 18.6. The number of carbonyl (C=O) groups excluding carboxylic acids is 1. The van der Waals surface area contributed by atoms with Gasteiger partial charge in [0, 0.05) is 40.6 Å². The number of hydrogen-bond acceptors (Lipinski definition) is 4. The number of nitrogens with one attached hydrogen (secondary N) is 2. The Labute approximate surface area is 190 Å². The van der Waals surface area contributed by atoms with Crippen LogP contribution in [0.3, 0.4) is 0 Å². The van der Waals surface area contributed by atoms with Crippen molar-refractivity contribution < 1.29 is 13.2 Å². The molecule has 1 saturated carbocycles. The van der Waals surface area contributed by atoms with Crippen molar-refractivity contribution in [2.24, 2.45) is 5.92 Å². The third-order valence-corrected chi connectivity index (χ3v) is 7.17. The quantitative estimate of drug-likeness (QED) is 0.522. The van der Waals surface area contributed by atoms with E-state index in [1.165, 1.54) is 12.1 Å². The van der Waals surface area contributed by atoms with Gasteiger partial charge in [0.25, 0.3) is 0 Å². The summed E-state index contributed by atoms with van der Waals surface area (Å²) in [5, 5.41) is 3.72. The number of sulfonamides is 1. The highest BCUT2D eigenvalue weighted by atomic mass is 35.5. The first-order chi connectivity index (χ1) is 14.8. The van der Waals surface area contributed by atoms with Gasteiger partial charge < -0.3 is 5.32 Å². The molecule has 6 nitrogen and oxygen atoms in total. The standard InChI is InChI=1S/C22H19Cl2N3O3S/c23-16-2-1-15(21(24)11-16)13-26-31(29,30)18-5-3-17(4-6-18)27-22(28)20-12-19(20)14-7-9-25-10-8-14/h1-11,19-20,26H,12-13H2,(H,27,28). The lowest BCUT2D eigenvalue weighted by Gasteiger charge is -2.10. The topological polar surface area (TPSA) is 88.2 Å². The first-order valence-corrected chi connectivity index (χ1v) is 11.8. The lowest BCUT2D eigenvalue weighted by Crippen LogP contribution is -2.23. The molecule has 2 aromatic carbocycles. The molecule has 1 heterocycles. The van der Waals surface area contributed by atoms with Gasteiger partial charge in [0.05, 0.1) is 4.90 Å². The molecule has 2 N–H and O–H groups in total. The van der Waals surface area contributed by atoms with E-state index in [0.29, 0.717) is 21.3 Å². The number of aromatic nitrogens is 1. The van der Waals surface area contributed by atoms with Crippen LogP contribution in [0.2, 0.25) is 10.0 Å². The van der Waals surface area contributed by atoms with E-state index in [4.69, 9.17) is 23.2 Å². The fourth-order valence-electron chi connectivity index (χ4n) is 3.34. The minimum Gasteiger partial charge on any atom is -0.326 e. The van der Waals surface area contributed by atoms with Crippen molar-refractivity contribution in [1.29, 1.82) is 0 Å². The molecule has 3 aromatic rings. The van der Waals surface area contributed by atoms with Gasteiger partial charge in [0.15, 0.2) is 0 Å². The van der Waals surface area contributed by atoms with Crippen LogP contribution < -0.4 is 10.0 Å². The molecular formula is C22H19Cl2N3O3S. The minimum atomic E-state index is -3.74. The van der Waals surface area contributed by atoms with Crippen LogP contribution in [-0.4, -0.2) is 19.3 Å². The lowest BCUT2D eigenvalue weighted by atomic mass is 10.1. The summed E-state index contributed by atoms with van der Waals surface area (Å²) >= 11 is 12.0. The van der Waals surface area contributed by atoms with E-state index < -0.39 is 10.0 Å². The van der Waals surface area contributed by atoms with E-state index in [1.807, 2.05) is 12.1 Å². The van der Waals surface area contributed by atoms with Gasteiger partial charge in [0.1, 0.15) is 0 Å². The molecule has 0 aliphatic heterocycles. The number of rotatable bonds is 7. The van der Waals surface area contributed by atoms with E-state index in [2.05, 4.69) is 15.0 Å². The van der Waals surface area contributed by atoms with Crippen LogP contribution in [0.15, 0.2) is 71.9 Å². The summed E-state index contributed by atoms with van der Waals surface area (Å²) in [6.45, 7) is 0.0366. The molecule has 0 radical (unpaired) electrons. The van der Waals surface area contributed by atoms with Crippen molar-refractivity contribution in [2.75, 3.05) is 5.32 Å². The Morgan fingerprint density at radius 1 is 1.03 bits per heavy atom. The largest absolute Gasteiger partial charge is 0.326 e. The molecule has 1 aromatic heterocycles. The molecule has 1 fully saturated rings. The molecule has 31 heavy (non-hydrogen) atoms. The van der Waals surface area contributed by atoms with E-state index in [0.717, 1.165) is 12.0 Å². The molecule has 1 amide bonds. The van der Waals surface area contributed by atoms with E-state index in [9.17, 15) is 13.2 Å². The smallest absolute Gasteiger partial charge is 0.240 e. The third-order valence-electron chi connectivity index (χ3n) is 5.16. The average Bonchev–Trinajstić information content (AvgIpc) is 3.55. The molecule has 0 spiro atoms. The normalized spacial score (nSPS) is 17.9. The van der Waals surface area contributed by atoms with Gasteiger partial charge in [-0.15, -0.1) is 0 Å². The van der Waals surface area contributed by atoms with Crippen LogP contribution in [0.4, 0.5) is 5.69 Å². The Balaban J connectivity index is 1.35. The van der Waals surface area contributed by atoms with Crippen LogP contribution in [0.5, 0.6) is 0 Å². The molecule has 2 unspecified atom stereocenters. The van der Waals surface area contributed by atoms with Gasteiger partial charge >= 0.3 is 0 Å². The van der Waals surface area contributed by atoms with Gasteiger partial charge in [-0.1, -0.05) is 29.3 Å². The highest BCUT2D eigenvalue weighted by Gasteiger charge is 2.43. The van der Waals surface area contributed by atoms with Gasteiger partial charge in [-0.05, 0) is 72.0 Å². The second-order valence-electron chi connectivity index (χ2n) is 7.30. The second-order valence-corrected chi connectivity index (χ2v) is 9.91. The Morgan fingerprint density at radius 2 is 1.74 bits per heavy atom. The predicted octanol–water partition coefficient (Wildman–Crippen LogP) is 4.61. The minimum absolute atomic E-state index is 0.0366. The van der Waals surface area contributed by atoms with Crippen molar-refractivity contribution in [3.05, 3.63) is 88.2 Å². The van der Waals surface area contributed by atoms with Crippen LogP contribution in [0, 0.1) is 5.92 Å². The maximum absolute atomic E-state index is 12.6. The third kappa shape index (κ3) is 5.25. The average molecular weight is 476 g/mol. The summed E-state index contributed by atoms with van der Waals surface area (Å²) in [6.07, 6.45) is 4.23. The lowest BCUT2D eigenvalue weighted by molar-refractivity contribution is -0.117. The van der Waals surface area contributed by atoms with Crippen molar-refractivity contribution in [3.63, 3.8) is 0 Å². The number of anilines is 1. The molecule has 1 aliphatic rings. The maximum atomic E-state index is 12.6. The SMILES string of the molecule is O=C(Nc1ccc(S(=O)(=O)NCc2ccc(Cl)cc2Cl)cc1)C1CC1c1ccncc1. The number of halogens is 2. The Bertz CT molecular complexity index is 1200. The van der Waals surface area contributed by atoms with Crippen molar-refractivity contribution in [2.45, 2.75) is 23.8 Å². The number of carbonyl (C=O) groups is 1. The summed E-state index contributed by atoms with van der Waals surface area (Å²) in [7, 11) is -3.74. The van der Waals surface area contributed by atoms with Crippen LogP contribution in [-0.2, 0) is 21.4 Å². The van der Waals surface area contributed by atoms with Gasteiger partial charge in [0.2, 0.25) is 15.9 Å². The highest BCUT2D eigenvalue weighted by molar-refractivity contribution is 7.89. The molecule has 9 heteroatoms. The van der Waals surface area contributed by atoms with Gasteiger partial charge in [-0.25, -0.2) is 13.1 Å². The summed E-state index contributed by atoms with van der Waals surface area (Å²) in [5.74, 6) is 0.0380. The first-order valence-electron chi connectivity index (χ1n) is 9.58. The molecule has 0 saturated heterocycles. The number of nitrogens with zero attached hydrogens (tertiary/aromatic N) is 1. The van der Waals surface area contributed by atoms with Crippen LogP contribution in [0.25, 0.3) is 0 Å². The summed E-state index contributed by atoms with van der Waals surface area (Å²) < 4.78 is 27.6. The van der Waals surface area contributed by atoms with E-state index in [-0.39, 0.29) is 29.2 Å². The maximum Gasteiger partial charge on any atom is 0.240 e. The predicted molar refractivity (Wildman–Crippen MR) is 121 cm³/mol. The summed E-state index contributed by atoms with van der Waals surface area (Å²) in [6, 6.07) is 14.8. The van der Waals surface area contributed by atoms with E-state index in [1.54, 1.807) is 42.7 Å². The second kappa shape index (κ2) is 8.96. The molecule has 2 atom stereocenters. The summed E-state index contributed by atoms with van der Waals surface area (Å²) in [5.41, 5.74) is 2.26. The molecule has 0 bridgehead atoms. The molecule has 1 aliphatic carbocycles. The Morgan fingerprint density at radius 3 is 2.42 bits per heavy atom. The van der Waals surface area contributed by atoms with Crippen molar-refractivity contribution >= 4 is 44.8 Å². The zero-order valence-electron chi connectivity index (χ0n) is 16.3. The number of pyridine rings is 1.